The minimum absolute atomic E-state index is 0.730. The number of ether oxygens (including phenoxy) is 27. The van der Waals surface area contributed by atoms with Crippen molar-refractivity contribution in [3.8, 4) is 0 Å². The number of aliphatic hydroxyl groups excluding tert-OH is 32. The molecule has 14 rings (SSSR count). The number of rotatable bonds is 34. The lowest BCUT2D eigenvalue weighted by Crippen LogP contribution is -2.70. The number of hydrogen-bond acceptors (Lipinski definition) is 63. The molecule has 36 N–H and O–H groups in total. The maximum absolute atomic E-state index is 14.1. The lowest BCUT2D eigenvalue weighted by molar-refractivity contribution is -0.420. The number of aliphatic hydroxyl groups is 32. The third kappa shape index (κ3) is 23.2. The van der Waals surface area contributed by atoms with Crippen LogP contribution in [0.3, 0.4) is 0 Å². The summed E-state index contributed by atoms with van der Waals surface area (Å²) in [4.78, 5) is 52.1. The minimum atomic E-state index is -2.94. The van der Waals surface area contributed by atoms with E-state index in [1.165, 1.54) is 0 Å². The predicted molar refractivity (Wildman–Crippen MR) is 424 cm³/mol. The van der Waals surface area contributed by atoms with E-state index in [0.717, 1.165) is 13.8 Å². The lowest BCUT2D eigenvalue weighted by atomic mass is 9.94. The summed E-state index contributed by atoms with van der Waals surface area (Å²) in [6, 6.07) is 0. The van der Waals surface area contributed by atoms with E-state index in [4.69, 9.17) is 128 Å². The van der Waals surface area contributed by atoms with Gasteiger partial charge in [0.25, 0.3) is 11.6 Å². The molecule has 0 bridgehead atoms. The normalized spacial score (nSPS) is 53.2. The molecule has 0 saturated carbocycles. The van der Waals surface area contributed by atoms with E-state index in [-0.39, 0.29) is 0 Å². The van der Waals surface area contributed by atoms with Gasteiger partial charge >= 0.3 is 23.9 Å². The molecule has 14 heterocycles. The topological polar surface area (TPSA) is 1050 Å². The highest BCUT2D eigenvalue weighted by molar-refractivity contribution is 5.76. The number of hydrogen-bond donors (Lipinski definition) is 36. The fourth-order valence-electron chi connectivity index (χ4n) is 18.8. The third-order valence-electron chi connectivity index (χ3n) is 27.2. The highest BCUT2D eigenvalue weighted by Crippen LogP contribution is 2.46. The molecule has 67 heteroatoms. The number of carboxylic acids is 4. The Morgan fingerprint density at radius 2 is 0.434 bits per heavy atom. The molecule has 0 unspecified atom stereocenters. The minimum Gasteiger partial charge on any atom is -0.479 e. The van der Waals surface area contributed by atoms with Gasteiger partial charge in [-0.2, -0.15) is 0 Å². The maximum atomic E-state index is 14.1. The summed E-state index contributed by atoms with van der Waals surface area (Å²) >= 11 is 0. The van der Waals surface area contributed by atoms with Gasteiger partial charge in [0.1, 0.15) is 281 Å². The van der Waals surface area contributed by atoms with E-state index in [1.807, 2.05) is 0 Å². The van der Waals surface area contributed by atoms with Crippen LogP contribution in [-0.4, -0.2) is 654 Å². The van der Waals surface area contributed by atoms with Gasteiger partial charge < -0.3 is 312 Å². The van der Waals surface area contributed by atoms with Crippen LogP contribution in [0.1, 0.15) is 13.8 Å². The van der Waals surface area contributed by atoms with Crippen LogP contribution >= 0.6 is 0 Å². The Bertz CT molecular complexity index is 4160. The van der Waals surface area contributed by atoms with Crippen molar-refractivity contribution in [2.24, 2.45) is 0 Å². The Morgan fingerprint density at radius 1 is 0.221 bits per heavy atom. The first-order chi connectivity index (χ1) is 68.5. The SMILES string of the molecule is C[C@@]1(C(=O)O)OC[C@H]2O[C@@H](O[C@@H]3[C@@H](O[C@H]4[C@H](O[C@@H]5O[C@H](CO)[C@@H](O)[C@H](O[C@H]6O[C@H](CO)[C@@H](O)[C@H](O)[C@@H]6O[C@H]6O[C@H](CO)[C@H](O)[C@H](O[C@@H]7O[C@H](C(=O)O)[C@@H](O[C@H]8O[C@H](CO)[C@@H](O)[C@H](O)[C@@H]8O[C@@H]8O[C@@H]9CO[C@@](C)(C(=O)O)O[C@H]9[C@H](O)[C@H]8O)[C@H](O[C@@H]8O[C@H](CO)[C@@H](O)[C@H](O[C@H]9O[C@H](CO)[C@@H](O)[C@H](O)[C@@H]9O)[C@H]8O)[C@H]7O)[C@H]6O)[C@H]5O)[C@@H](O)[C@H](O[C@@H]5[C@@H](O)[C@@H](O)O[C@H](CO)[C@@H]5O)O[C@@H]4C(=O)O)O[C@H](CO)[C@@H](O)[C@@H]3O)[C@H](O)[C@@H](O)[C@@H]2O1. The quantitative estimate of drug-likeness (QED) is 0.0284. The maximum Gasteiger partial charge on any atom is 0.364 e. The Morgan fingerprint density at radius 3 is 0.724 bits per heavy atom. The van der Waals surface area contributed by atoms with E-state index >= 15 is 0 Å². The van der Waals surface area contributed by atoms with Crippen LogP contribution in [-0.2, 0) is 147 Å². The van der Waals surface area contributed by atoms with Gasteiger partial charge in [-0.25, -0.2) is 19.2 Å². The largest absolute Gasteiger partial charge is 0.479 e. The molecule has 0 spiro atoms. The molecule has 0 aliphatic carbocycles. The second kappa shape index (κ2) is 47.9. The Labute approximate surface area is 812 Å². The molecule has 62 atom stereocenters. The molecule has 14 aliphatic rings. The number of aliphatic carboxylic acids is 4. The fraction of sp³-hybridized carbons (Fsp3) is 0.949. The molecule has 145 heavy (non-hydrogen) atoms. The average Bonchev–Trinajstić information content (AvgIpc) is 0.745. The zero-order valence-electron chi connectivity index (χ0n) is 75.5. The van der Waals surface area contributed by atoms with Gasteiger partial charge in [-0.05, 0) is 0 Å². The first-order valence-corrected chi connectivity index (χ1v) is 45.3. The summed E-state index contributed by atoms with van der Waals surface area (Å²) in [6.07, 6.45) is -144. The zero-order chi connectivity index (χ0) is 106. The second-order valence-electron chi connectivity index (χ2n) is 36.6. The standard InChI is InChI=1S/C78H122O67/c1-77(75(115)116)119-11-21-46(144-77)35(99)38(102)65(129-21)137-55-33(97)25(89)15(5-81)127-73(55)140-57-52(44(108)70(142-59(57)61(110)111)131-48-27(91)17(7-83)121-63(114)40(48)104)136-68-43(107)51(30(94)20(10-86)124-68)134-72-54(32(96)24(88)14(4-80)126-72)139-69-42(106)50(29(93)19(9-85)125-69)133-71-45(109)53(135-67-41(105)49(28(92)18(8-84)123-67)132-64-37(101)31(95)23(87)13(3-79)122-64)58(60(143-71)62(112)113)141-74-56(34(98)26(90)16(6-82)128-74)138-66-39(103)36(100)47-22(130-66)12-120-78(2,145-47)76(117)118/h13-60,63-74,79-109,114H,3-12H2,1-2H3,(H,110,111)(H,112,113)(H,115,116)(H,117,118)/t13-,14-,15-,16-,17-,18-,19-,20-,21-,22-,23-,24-,25-,26-,27+,28-,29+,30-,31+,32+,33+,34+,35-,36-,37+,38-,39-,40-,41-,42-,43-,44-,45-,46-,47-,48+,49+,50+,51+,52-,53-,54+,55+,56+,57+,58+,59+,60+,63+,64-,65+,66+,67+,68+,69-,70-,71-,72-,73-,74-,77-,78-/m1/s1. The van der Waals surface area contributed by atoms with E-state index in [0.29, 0.717) is 0 Å². The molecular weight excluding hydrogens is 2010 g/mol. The van der Waals surface area contributed by atoms with Crippen LogP contribution in [0, 0.1) is 0 Å². The summed E-state index contributed by atoms with van der Waals surface area (Å²) in [5.74, 6) is -12.8. The predicted octanol–water partition coefficient (Wildman–Crippen LogP) is -25.2. The van der Waals surface area contributed by atoms with Crippen LogP contribution < -0.4 is 0 Å². The van der Waals surface area contributed by atoms with Crippen molar-refractivity contribution in [1.82, 2.24) is 0 Å². The van der Waals surface area contributed by atoms with Crippen molar-refractivity contribution in [3.05, 3.63) is 0 Å². The Hall–Kier alpha value is -4.48. The van der Waals surface area contributed by atoms with Gasteiger partial charge in [0.05, 0.1) is 66.1 Å². The fourth-order valence-corrected chi connectivity index (χ4v) is 18.8. The molecule has 0 amide bonds. The highest BCUT2D eigenvalue weighted by atomic mass is 16.9. The van der Waals surface area contributed by atoms with Gasteiger partial charge in [0.2, 0.25) is 0 Å². The van der Waals surface area contributed by atoms with Crippen LogP contribution in [0.15, 0.2) is 0 Å². The lowest BCUT2D eigenvalue weighted by Gasteiger charge is -2.52. The first kappa shape index (κ1) is 116. The van der Waals surface area contributed by atoms with Gasteiger partial charge in [0.15, 0.2) is 87.7 Å². The van der Waals surface area contributed by atoms with E-state index in [9.17, 15) is 203 Å². The van der Waals surface area contributed by atoms with Crippen molar-refractivity contribution in [2.75, 3.05) is 66.1 Å². The molecule has 67 nitrogen and oxygen atoms in total. The van der Waals surface area contributed by atoms with Crippen LogP contribution in [0.5, 0.6) is 0 Å². The van der Waals surface area contributed by atoms with E-state index in [1.54, 1.807) is 0 Å². The molecule has 0 aromatic rings. The first-order valence-electron chi connectivity index (χ1n) is 45.3. The molecule has 14 saturated heterocycles. The molecule has 14 aliphatic heterocycles. The smallest absolute Gasteiger partial charge is 0.364 e. The van der Waals surface area contributed by atoms with Gasteiger partial charge in [-0.1, -0.05) is 0 Å². The zero-order valence-corrected chi connectivity index (χ0v) is 75.5. The summed E-state index contributed by atoms with van der Waals surface area (Å²) in [6.45, 7) is -9.89. The third-order valence-corrected chi connectivity index (χ3v) is 27.2. The van der Waals surface area contributed by atoms with Crippen LogP contribution in [0.2, 0.25) is 0 Å². The van der Waals surface area contributed by atoms with Crippen LogP contribution in [0.25, 0.3) is 0 Å². The Balaban J connectivity index is 0.764. The van der Waals surface area contributed by atoms with Crippen molar-refractivity contribution in [2.45, 2.75) is 394 Å². The highest BCUT2D eigenvalue weighted by Gasteiger charge is 2.67. The summed E-state index contributed by atoms with van der Waals surface area (Å²) in [5, 5.41) is 406. The van der Waals surface area contributed by atoms with E-state index in [2.05, 4.69) is 0 Å². The average molecular weight is 2130 g/mol. The van der Waals surface area contributed by atoms with Gasteiger partial charge in [0, 0.05) is 13.8 Å². The summed E-state index contributed by atoms with van der Waals surface area (Å²) in [7, 11) is 0. The van der Waals surface area contributed by atoms with E-state index < -0.39 is 470 Å². The molecule has 0 radical (unpaired) electrons. The molecule has 0 aromatic heterocycles. The Kier molecular flexibility index (Phi) is 38.3. The van der Waals surface area contributed by atoms with Crippen molar-refractivity contribution < 1.29 is 331 Å². The molecule has 0 aromatic carbocycles. The molecule has 836 valence electrons. The number of carboxylic acid groups (broad SMARTS) is 4. The molecule has 14 fully saturated rings. The monoisotopic (exact) mass is 2130 g/mol. The van der Waals surface area contributed by atoms with Crippen LogP contribution in [0.4, 0.5) is 0 Å². The van der Waals surface area contributed by atoms with Crippen molar-refractivity contribution in [1.29, 1.82) is 0 Å². The molecular formula is C78H122O67. The number of carbonyl (C=O) groups is 4. The van der Waals surface area contributed by atoms with Gasteiger partial charge in [-0.3, -0.25) is 0 Å². The number of fused-ring (bicyclic) bond motifs is 2. The van der Waals surface area contributed by atoms with Gasteiger partial charge in [-0.15, -0.1) is 0 Å². The summed E-state index contributed by atoms with van der Waals surface area (Å²) < 4.78 is 156. The second-order valence-corrected chi connectivity index (χ2v) is 36.6. The summed E-state index contributed by atoms with van der Waals surface area (Å²) in [5.41, 5.74) is 0. The van der Waals surface area contributed by atoms with Crippen molar-refractivity contribution in [3.63, 3.8) is 0 Å². The van der Waals surface area contributed by atoms with Crippen molar-refractivity contribution >= 4 is 23.9 Å².